The van der Waals surface area contributed by atoms with Gasteiger partial charge >= 0.3 is 26.8 Å². The number of aromatic nitrogens is 2. The molecule has 0 spiro atoms. The minimum Gasteiger partial charge on any atom is -0.868 e. The van der Waals surface area contributed by atoms with Gasteiger partial charge in [-0.15, -0.1) is 0 Å². The Hall–Kier alpha value is -2.15. The Balaban J connectivity index is 2.07. The average molecular weight is 390 g/mol. The van der Waals surface area contributed by atoms with E-state index in [-0.39, 0.29) is 11.3 Å². The Morgan fingerprint density at radius 3 is 2.24 bits per heavy atom. The van der Waals surface area contributed by atoms with Gasteiger partial charge < -0.3 is 5.11 Å². The number of nitrogens with one attached hydrogen (secondary N) is 1. The number of aromatic amines is 1. The molecule has 3 aromatic rings. The minimum absolute atomic E-state index is 0.262. The molecule has 0 amide bonds. The van der Waals surface area contributed by atoms with Crippen LogP contribution < -0.4 is 31.9 Å². The number of benzene rings is 2. The van der Waals surface area contributed by atoms with Gasteiger partial charge in [-0.05, 0) is 17.9 Å². The highest BCUT2D eigenvalue weighted by molar-refractivity contribution is 5.63. The molecule has 0 atom stereocenters. The van der Waals surface area contributed by atoms with Crippen molar-refractivity contribution in [2.45, 2.75) is 0 Å². The molecule has 0 fully saturated rings. The maximum absolute atomic E-state index is 12.5. The third kappa shape index (κ3) is 2.97. The van der Waals surface area contributed by atoms with Crippen LogP contribution in [0.3, 0.4) is 0 Å². The lowest BCUT2D eigenvalue weighted by atomic mass is 10.1. The normalized spacial score (nSPS) is 10.5. The van der Waals surface area contributed by atoms with Crippen LogP contribution in [0.1, 0.15) is 0 Å². The quantitative estimate of drug-likeness (QED) is 0.562. The molecule has 1 aromatic heterocycles. The molecule has 5 heteroatoms. The summed E-state index contributed by atoms with van der Waals surface area (Å²) in [6.07, 6.45) is 0. The van der Waals surface area contributed by atoms with Gasteiger partial charge in [0.05, 0.1) is 5.69 Å². The zero-order chi connectivity index (χ0) is 14.7. The SMILES string of the molecule is O=c1[nH]nc(-c2ccccc2)c([O-])c1[I+]c1ccccc1. The fourth-order valence-electron chi connectivity index (χ4n) is 1.88. The van der Waals surface area contributed by atoms with Crippen LogP contribution in [0.2, 0.25) is 0 Å². The highest BCUT2D eigenvalue weighted by Gasteiger charge is 2.23. The number of hydrogen-bond acceptors (Lipinski definition) is 3. The predicted molar refractivity (Wildman–Crippen MR) is 73.6 cm³/mol. The highest BCUT2D eigenvalue weighted by atomic mass is 127. The van der Waals surface area contributed by atoms with Crippen molar-refractivity contribution in [2.75, 3.05) is 0 Å². The Kier molecular flexibility index (Phi) is 4.01. The molecule has 0 unspecified atom stereocenters. The van der Waals surface area contributed by atoms with E-state index in [0.717, 1.165) is 9.13 Å². The zero-order valence-corrected chi connectivity index (χ0v) is 13.1. The van der Waals surface area contributed by atoms with Gasteiger partial charge in [-0.25, -0.2) is 5.10 Å². The van der Waals surface area contributed by atoms with E-state index in [1.165, 1.54) is 0 Å². The van der Waals surface area contributed by atoms with E-state index < -0.39 is 21.2 Å². The van der Waals surface area contributed by atoms with Gasteiger partial charge in [-0.1, -0.05) is 48.5 Å². The summed E-state index contributed by atoms with van der Waals surface area (Å²) < 4.78 is 1.36. The summed E-state index contributed by atoms with van der Waals surface area (Å²) in [4.78, 5) is 11.9. The van der Waals surface area contributed by atoms with Gasteiger partial charge in [-0.2, -0.15) is 5.10 Å². The van der Waals surface area contributed by atoms with Crippen LogP contribution in [0.4, 0.5) is 0 Å². The van der Waals surface area contributed by atoms with Crippen molar-refractivity contribution in [3.63, 3.8) is 0 Å². The molecule has 2 aromatic carbocycles. The number of H-pyrrole nitrogens is 1. The van der Waals surface area contributed by atoms with Crippen molar-refractivity contribution in [1.29, 1.82) is 0 Å². The maximum atomic E-state index is 12.5. The van der Waals surface area contributed by atoms with Crippen molar-refractivity contribution in [3.05, 3.63) is 78.2 Å². The van der Waals surface area contributed by atoms with Crippen molar-refractivity contribution < 1.29 is 26.3 Å². The van der Waals surface area contributed by atoms with E-state index in [1.54, 1.807) is 0 Å². The third-order valence-electron chi connectivity index (χ3n) is 2.87. The van der Waals surface area contributed by atoms with Gasteiger partial charge in [0.15, 0.2) is 3.57 Å². The second-order valence-electron chi connectivity index (χ2n) is 4.30. The van der Waals surface area contributed by atoms with Crippen molar-refractivity contribution in [3.8, 4) is 17.0 Å². The van der Waals surface area contributed by atoms with Gasteiger partial charge in [-0.3, -0.25) is 4.79 Å². The first-order chi connectivity index (χ1) is 10.3. The second-order valence-corrected chi connectivity index (χ2v) is 7.16. The zero-order valence-electron chi connectivity index (χ0n) is 10.9. The number of hydrogen-bond donors (Lipinski definition) is 1. The Bertz CT molecular complexity index is 802. The van der Waals surface area contributed by atoms with Crippen LogP contribution in [0, 0.1) is 7.14 Å². The van der Waals surface area contributed by atoms with Crippen molar-refractivity contribution >= 4 is 0 Å². The highest BCUT2D eigenvalue weighted by Crippen LogP contribution is 2.21. The molecule has 4 nitrogen and oxygen atoms in total. The lowest BCUT2D eigenvalue weighted by Gasteiger charge is -2.10. The summed E-state index contributed by atoms with van der Waals surface area (Å²) in [7, 11) is 0. The third-order valence-corrected chi connectivity index (χ3v) is 5.73. The van der Waals surface area contributed by atoms with E-state index in [9.17, 15) is 9.90 Å². The van der Waals surface area contributed by atoms with Crippen LogP contribution in [-0.2, 0) is 0 Å². The van der Waals surface area contributed by atoms with Gasteiger partial charge in [0.1, 0.15) is 0 Å². The summed E-state index contributed by atoms with van der Waals surface area (Å²) in [6, 6.07) is 18.8. The molecule has 0 bridgehead atoms. The van der Waals surface area contributed by atoms with Crippen LogP contribution in [0.5, 0.6) is 5.75 Å². The van der Waals surface area contributed by atoms with Gasteiger partial charge in [0.2, 0.25) is 0 Å². The monoisotopic (exact) mass is 390 g/mol. The van der Waals surface area contributed by atoms with Crippen molar-refractivity contribution in [1.82, 2.24) is 10.2 Å². The van der Waals surface area contributed by atoms with Crippen LogP contribution in [0.25, 0.3) is 11.3 Å². The molecule has 21 heavy (non-hydrogen) atoms. The van der Waals surface area contributed by atoms with Gasteiger partial charge in [0, 0.05) is 5.56 Å². The van der Waals surface area contributed by atoms with Crippen LogP contribution in [0.15, 0.2) is 65.5 Å². The molecule has 0 saturated carbocycles. The standard InChI is InChI=1S/C16H11IN2O2/c20-15-13(17-12-9-5-2-6-10-12)16(21)19-18-14(15)11-7-3-1-4-8-11/h1-10H,(H-,19,20,21). The molecule has 0 radical (unpaired) electrons. The molecule has 3 rings (SSSR count). The topological polar surface area (TPSA) is 68.8 Å². The molecule has 1 heterocycles. The molecule has 0 aliphatic rings. The Labute approximate surface area is 131 Å². The van der Waals surface area contributed by atoms with E-state index in [4.69, 9.17) is 0 Å². The summed E-state index contributed by atoms with van der Waals surface area (Å²) in [5.41, 5.74) is 0.647. The first-order valence-electron chi connectivity index (χ1n) is 6.30. The first kappa shape index (κ1) is 13.8. The smallest absolute Gasteiger partial charge is 0.363 e. The fourth-order valence-corrected chi connectivity index (χ4v) is 4.14. The predicted octanol–water partition coefficient (Wildman–Crippen LogP) is -1.36. The van der Waals surface area contributed by atoms with E-state index >= 15 is 0 Å². The van der Waals surface area contributed by atoms with Crippen molar-refractivity contribution in [2.24, 2.45) is 0 Å². The van der Waals surface area contributed by atoms with E-state index in [0.29, 0.717) is 9.26 Å². The van der Waals surface area contributed by atoms with E-state index in [2.05, 4.69) is 10.2 Å². The molecule has 0 aliphatic carbocycles. The Morgan fingerprint density at radius 1 is 0.952 bits per heavy atom. The molecule has 104 valence electrons. The first-order valence-corrected chi connectivity index (χ1v) is 8.46. The molecular formula is C16H11IN2O2. The number of nitrogens with zero attached hydrogens (tertiary/aromatic N) is 1. The molecular weight excluding hydrogens is 379 g/mol. The Morgan fingerprint density at radius 2 is 1.57 bits per heavy atom. The largest absolute Gasteiger partial charge is 0.868 e. The van der Waals surface area contributed by atoms with E-state index in [1.807, 2.05) is 60.7 Å². The average Bonchev–Trinajstić information content (AvgIpc) is 2.53. The maximum Gasteiger partial charge on any atom is 0.363 e. The summed E-state index contributed by atoms with van der Waals surface area (Å²) in [6.45, 7) is 0. The minimum atomic E-state index is -0.820. The van der Waals surface area contributed by atoms with Gasteiger partial charge in [0.25, 0.3) is 3.57 Å². The number of rotatable bonds is 3. The molecule has 1 N–H and O–H groups in total. The summed E-state index contributed by atoms with van der Waals surface area (Å²) >= 11 is -0.820. The lowest BCUT2D eigenvalue weighted by Crippen LogP contribution is -3.62. The lowest BCUT2D eigenvalue weighted by molar-refractivity contribution is -0.605. The van der Waals surface area contributed by atoms with Crippen LogP contribution >= 0.6 is 0 Å². The molecule has 0 aliphatic heterocycles. The van der Waals surface area contributed by atoms with Crippen LogP contribution in [-0.4, -0.2) is 10.2 Å². The fraction of sp³-hybridized carbons (Fsp3) is 0. The summed E-state index contributed by atoms with van der Waals surface area (Å²) in [5.74, 6) is -0.262. The molecule has 0 saturated heterocycles. The number of halogens is 1. The summed E-state index contributed by atoms with van der Waals surface area (Å²) in [5, 5.41) is 18.9. The second kappa shape index (κ2) is 6.09.